The van der Waals surface area contributed by atoms with E-state index < -0.39 is 11.9 Å². The second-order valence-electron chi connectivity index (χ2n) is 4.12. The van der Waals surface area contributed by atoms with Crippen LogP contribution in [0, 0.1) is 11.8 Å². The van der Waals surface area contributed by atoms with Crippen molar-refractivity contribution in [3.8, 4) is 0 Å². The molecular weight excluding hydrogens is 208 g/mol. The third-order valence-electron chi connectivity index (χ3n) is 2.26. The number of hydrogen-bond acceptors (Lipinski definition) is 4. The largest absolute Gasteiger partial charge is 0.466 e. The van der Waals surface area contributed by atoms with Crippen molar-refractivity contribution in [2.45, 2.75) is 27.7 Å². The molecule has 0 amide bonds. The lowest BCUT2D eigenvalue weighted by Crippen LogP contribution is -2.21. The van der Waals surface area contributed by atoms with Crippen LogP contribution in [0.3, 0.4) is 0 Å². The molecule has 0 unspecified atom stereocenters. The number of esters is 2. The third kappa shape index (κ3) is 3.36. The van der Waals surface area contributed by atoms with Gasteiger partial charge in [0.25, 0.3) is 0 Å². The summed E-state index contributed by atoms with van der Waals surface area (Å²) in [5.41, 5.74) is 0.786. The van der Waals surface area contributed by atoms with E-state index in [9.17, 15) is 9.59 Å². The Morgan fingerprint density at radius 2 is 1.00 bits per heavy atom. The molecule has 0 saturated heterocycles. The van der Waals surface area contributed by atoms with E-state index in [0.29, 0.717) is 11.1 Å². The first-order chi connectivity index (χ1) is 7.36. The van der Waals surface area contributed by atoms with Crippen molar-refractivity contribution < 1.29 is 19.1 Å². The number of rotatable bonds is 4. The summed E-state index contributed by atoms with van der Waals surface area (Å²) in [5, 5.41) is 0. The molecule has 0 bridgehead atoms. The zero-order valence-electron chi connectivity index (χ0n) is 10.8. The Labute approximate surface area is 96.6 Å². The summed E-state index contributed by atoms with van der Waals surface area (Å²) in [7, 11) is 2.61. The number of carbonyl (C=O) groups excluding carboxylic acids is 2. The molecule has 0 fully saturated rings. The minimum Gasteiger partial charge on any atom is -0.466 e. The Morgan fingerprint density at radius 3 is 1.12 bits per heavy atom. The fraction of sp³-hybridized carbons (Fsp3) is 0.667. The summed E-state index contributed by atoms with van der Waals surface area (Å²) in [6.07, 6.45) is 0. The average Bonchev–Trinajstić information content (AvgIpc) is 2.22. The molecule has 0 spiro atoms. The number of methoxy groups -OCH3 is 2. The van der Waals surface area contributed by atoms with Crippen molar-refractivity contribution in [2.24, 2.45) is 11.8 Å². The first-order valence-electron chi connectivity index (χ1n) is 5.27. The predicted octanol–water partition coefficient (Wildman–Crippen LogP) is 1.94. The zero-order valence-corrected chi connectivity index (χ0v) is 10.8. The Hall–Kier alpha value is -1.32. The summed E-state index contributed by atoms with van der Waals surface area (Å²) in [4.78, 5) is 23.3. The lowest BCUT2D eigenvalue weighted by atomic mass is 9.90. The van der Waals surface area contributed by atoms with Gasteiger partial charge in [-0.1, -0.05) is 27.7 Å². The lowest BCUT2D eigenvalue weighted by molar-refractivity contribution is -0.140. The topological polar surface area (TPSA) is 52.6 Å². The average molecular weight is 228 g/mol. The van der Waals surface area contributed by atoms with Gasteiger partial charge in [0.05, 0.1) is 25.4 Å². The van der Waals surface area contributed by atoms with Crippen molar-refractivity contribution in [3.05, 3.63) is 11.1 Å². The van der Waals surface area contributed by atoms with Crippen LogP contribution >= 0.6 is 0 Å². The summed E-state index contributed by atoms with van der Waals surface area (Å²) in [6.45, 7) is 7.38. The zero-order chi connectivity index (χ0) is 12.9. The Morgan fingerprint density at radius 1 is 0.750 bits per heavy atom. The molecule has 0 aromatic heterocycles. The van der Waals surface area contributed by atoms with Gasteiger partial charge in [-0.3, -0.25) is 0 Å². The summed E-state index contributed by atoms with van der Waals surface area (Å²) in [5.74, 6) is -1.10. The molecule has 0 saturated carbocycles. The van der Waals surface area contributed by atoms with Gasteiger partial charge in [-0.2, -0.15) is 0 Å². The van der Waals surface area contributed by atoms with Crippen molar-refractivity contribution >= 4 is 11.9 Å². The van der Waals surface area contributed by atoms with E-state index in [1.54, 1.807) is 0 Å². The van der Waals surface area contributed by atoms with Gasteiger partial charge in [0, 0.05) is 0 Å². The molecule has 0 aromatic rings. The monoisotopic (exact) mass is 228 g/mol. The molecular formula is C12H20O4. The molecule has 0 radical (unpaired) electrons. The molecule has 0 aliphatic heterocycles. The Bertz CT molecular complexity index is 270. The molecule has 0 atom stereocenters. The van der Waals surface area contributed by atoms with Crippen LogP contribution in [0.25, 0.3) is 0 Å². The standard InChI is InChI=1S/C12H20O4/c1-7(2)9(11(13)15-5)10(8(3)4)12(14)16-6/h7-8H,1-6H3/b10-9+. The molecule has 0 heterocycles. The van der Waals surface area contributed by atoms with Gasteiger partial charge in [-0.25, -0.2) is 9.59 Å². The van der Waals surface area contributed by atoms with Crippen LogP contribution in [0.1, 0.15) is 27.7 Å². The van der Waals surface area contributed by atoms with E-state index in [4.69, 9.17) is 9.47 Å². The van der Waals surface area contributed by atoms with Crippen molar-refractivity contribution in [1.29, 1.82) is 0 Å². The highest BCUT2D eigenvalue weighted by atomic mass is 16.5. The molecule has 16 heavy (non-hydrogen) atoms. The van der Waals surface area contributed by atoms with E-state index in [1.165, 1.54) is 14.2 Å². The van der Waals surface area contributed by atoms with E-state index in [2.05, 4.69) is 0 Å². The van der Waals surface area contributed by atoms with Gasteiger partial charge in [0.2, 0.25) is 0 Å². The highest BCUT2D eigenvalue weighted by Crippen LogP contribution is 2.23. The number of carbonyl (C=O) groups is 2. The first kappa shape index (κ1) is 14.7. The summed E-state index contributed by atoms with van der Waals surface area (Å²) >= 11 is 0. The van der Waals surface area contributed by atoms with Gasteiger partial charge in [0.15, 0.2) is 0 Å². The number of hydrogen-bond donors (Lipinski definition) is 0. The van der Waals surface area contributed by atoms with Gasteiger partial charge >= 0.3 is 11.9 Å². The minimum atomic E-state index is -0.468. The molecule has 0 aromatic carbocycles. The van der Waals surface area contributed by atoms with Gasteiger partial charge in [-0.05, 0) is 11.8 Å². The summed E-state index contributed by atoms with van der Waals surface area (Å²) < 4.78 is 9.39. The molecule has 0 rings (SSSR count). The van der Waals surface area contributed by atoms with Crippen molar-refractivity contribution in [3.63, 3.8) is 0 Å². The van der Waals surface area contributed by atoms with E-state index in [1.807, 2.05) is 27.7 Å². The maximum absolute atomic E-state index is 11.6. The van der Waals surface area contributed by atoms with Crippen LogP contribution in [-0.2, 0) is 19.1 Å². The van der Waals surface area contributed by atoms with Gasteiger partial charge < -0.3 is 9.47 Å². The normalized spacial score (nSPS) is 12.5. The minimum absolute atomic E-state index is 0.0797. The van der Waals surface area contributed by atoms with E-state index >= 15 is 0 Å². The maximum Gasteiger partial charge on any atom is 0.334 e. The van der Waals surface area contributed by atoms with Crippen LogP contribution in [0.4, 0.5) is 0 Å². The van der Waals surface area contributed by atoms with Crippen LogP contribution in [0.5, 0.6) is 0 Å². The van der Waals surface area contributed by atoms with Crippen LogP contribution in [0.15, 0.2) is 11.1 Å². The van der Waals surface area contributed by atoms with Crippen LogP contribution in [-0.4, -0.2) is 26.2 Å². The summed E-state index contributed by atoms with van der Waals surface area (Å²) in [6, 6.07) is 0. The highest BCUT2D eigenvalue weighted by Gasteiger charge is 2.26. The predicted molar refractivity (Wildman–Crippen MR) is 60.7 cm³/mol. The smallest absolute Gasteiger partial charge is 0.334 e. The quantitative estimate of drug-likeness (QED) is 0.545. The van der Waals surface area contributed by atoms with Gasteiger partial charge in [0.1, 0.15) is 0 Å². The lowest BCUT2D eigenvalue weighted by Gasteiger charge is -2.17. The SMILES string of the molecule is COC(=O)/C(=C(/C(=O)OC)C(C)C)C(C)C. The van der Waals surface area contributed by atoms with Crippen LogP contribution < -0.4 is 0 Å². The molecule has 92 valence electrons. The molecule has 0 aliphatic rings. The number of ether oxygens (including phenoxy) is 2. The molecule has 0 N–H and O–H groups in total. The maximum atomic E-state index is 11.6. The van der Waals surface area contributed by atoms with E-state index in [0.717, 1.165) is 0 Å². The Balaban J connectivity index is 5.63. The van der Waals surface area contributed by atoms with Crippen LogP contribution in [0.2, 0.25) is 0 Å². The Kier molecular flexibility index (Phi) is 5.78. The molecule has 4 nitrogen and oxygen atoms in total. The second kappa shape index (κ2) is 6.30. The van der Waals surface area contributed by atoms with Crippen molar-refractivity contribution in [2.75, 3.05) is 14.2 Å². The van der Waals surface area contributed by atoms with Gasteiger partial charge in [-0.15, -0.1) is 0 Å². The van der Waals surface area contributed by atoms with E-state index in [-0.39, 0.29) is 11.8 Å². The highest BCUT2D eigenvalue weighted by molar-refractivity contribution is 6.00. The first-order valence-corrected chi connectivity index (χ1v) is 5.27. The molecule has 0 aliphatic carbocycles. The van der Waals surface area contributed by atoms with Crippen molar-refractivity contribution in [1.82, 2.24) is 0 Å². The third-order valence-corrected chi connectivity index (χ3v) is 2.26. The fourth-order valence-electron chi connectivity index (χ4n) is 1.53. The fourth-order valence-corrected chi connectivity index (χ4v) is 1.53. The second-order valence-corrected chi connectivity index (χ2v) is 4.12. The molecule has 4 heteroatoms.